The first-order valence-electron chi connectivity index (χ1n) is 7.23. The molecule has 0 atom stereocenters. The second-order valence-electron chi connectivity index (χ2n) is 5.26. The molecule has 1 aromatic heterocycles. The molecule has 114 valence electrons. The Balaban J connectivity index is 1.82. The lowest BCUT2D eigenvalue weighted by Crippen LogP contribution is -1.99. The van der Waals surface area contributed by atoms with Crippen LogP contribution in [0.1, 0.15) is 17.0 Å². The molecule has 23 heavy (non-hydrogen) atoms. The lowest BCUT2D eigenvalue weighted by atomic mass is 10.1. The minimum atomic E-state index is 0.567. The Morgan fingerprint density at radius 1 is 1.00 bits per heavy atom. The van der Waals surface area contributed by atoms with Gasteiger partial charge in [0.05, 0.1) is 5.69 Å². The molecular formula is C19H16ClN3. The van der Waals surface area contributed by atoms with Gasteiger partial charge in [0.15, 0.2) is 0 Å². The summed E-state index contributed by atoms with van der Waals surface area (Å²) in [5.41, 5.74) is 10.2. The SMILES string of the molecule is C=C(N)c1ccc(Cc2nccc(-c3ccc(Cl)cc3)n2)cc1. The van der Waals surface area contributed by atoms with Crippen LogP contribution >= 0.6 is 11.6 Å². The summed E-state index contributed by atoms with van der Waals surface area (Å²) in [5, 5.41) is 0.713. The summed E-state index contributed by atoms with van der Waals surface area (Å²) >= 11 is 5.92. The van der Waals surface area contributed by atoms with E-state index < -0.39 is 0 Å². The van der Waals surface area contributed by atoms with E-state index in [0.29, 0.717) is 17.1 Å². The van der Waals surface area contributed by atoms with Crippen LogP contribution < -0.4 is 5.73 Å². The van der Waals surface area contributed by atoms with Crippen LogP contribution in [0.2, 0.25) is 5.02 Å². The summed E-state index contributed by atoms with van der Waals surface area (Å²) in [4.78, 5) is 8.98. The quantitative estimate of drug-likeness (QED) is 0.778. The molecule has 0 bridgehead atoms. The van der Waals surface area contributed by atoms with Crippen LogP contribution in [0.4, 0.5) is 0 Å². The maximum Gasteiger partial charge on any atom is 0.133 e. The van der Waals surface area contributed by atoms with Gasteiger partial charge < -0.3 is 5.73 Å². The van der Waals surface area contributed by atoms with E-state index in [9.17, 15) is 0 Å². The van der Waals surface area contributed by atoms with Gasteiger partial charge in [-0.2, -0.15) is 0 Å². The summed E-state index contributed by atoms with van der Waals surface area (Å²) in [5.74, 6) is 0.775. The lowest BCUT2D eigenvalue weighted by Gasteiger charge is -2.06. The van der Waals surface area contributed by atoms with Gasteiger partial charge in [-0.15, -0.1) is 0 Å². The van der Waals surface area contributed by atoms with E-state index in [1.165, 1.54) is 0 Å². The minimum Gasteiger partial charge on any atom is -0.399 e. The van der Waals surface area contributed by atoms with Gasteiger partial charge in [0.2, 0.25) is 0 Å². The molecule has 3 aromatic rings. The average molecular weight is 322 g/mol. The molecule has 2 aromatic carbocycles. The van der Waals surface area contributed by atoms with Gasteiger partial charge in [-0.05, 0) is 29.3 Å². The van der Waals surface area contributed by atoms with Crippen molar-refractivity contribution in [3.05, 3.63) is 89.3 Å². The van der Waals surface area contributed by atoms with Gasteiger partial charge in [0.25, 0.3) is 0 Å². The molecule has 1 heterocycles. The Morgan fingerprint density at radius 3 is 2.35 bits per heavy atom. The third-order valence-electron chi connectivity index (χ3n) is 3.53. The van der Waals surface area contributed by atoms with Gasteiger partial charge in [-0.3, -0.25) is 0 Å². The van der Waals surface area contributed by atoms with Crippen molar-refractivity contribution in [2.45, 2.75) is 6.42 Å². The highest BCUT2D eigenvalue weighted by atomic mass is 35.5. The number of aromatic nitrogens is 2. The molecule has 0 spiro atoms. The second-order valence-corrected chi connectivity index (χ2v) is 5.70. The van der Waals surface area contributed by atoms with E-state index >= 15 is 0 Å². The van der Waals surface area contributed by atoms with Crippen LogP contribution in [0, 0.1) is 0 Å². The molecular weight excluding hydrogens is 306 g/mol. The van der Waals surface area contributed by atoms with Gasteiger partial charge in [0.1, 0.15) is 5.82 Å². The molecule has 0 amide bonds. The van der Waals surface area contributed by atoms with E-state index in [1.54, 1.807) is 6.20 Å². The zero-order valence-electron chi connectivity index (χ0n) is 12.5. The highest BCUT2D eigenvalue weighted by Crippen LogP contribution is 2.20. The Hall–Kier alpha value is -2.65. The van der Waals surface area contributed by atoms with Crippen LogP contribution in [-0.2, 0) is 6.42 Å². The van der Waals surface area contributed by atoms with E-state index in [-0.39, 0.29) is 0 Å². The zero-order chi connectivity index (χ0) is 16.2. The predicted molar refractivity (Wildman–Crippen MR) is 94.9 cm³/mol. The van der Waals surface area contributed by atoms with E-state index in [1.807, 2.05) is 54.6 Å². The van der Waals surface area contributed by atoms with Crippen molar-refractivity contribution in [1.29, 1.82) is 0 Å². The summed E-state index contributed by atoms with van der Waals surface area (Å²) in [6, 6.07) is 17.5. The predicted octanol–water partition coefficient (Wildman–Crippen LogP) is 4.32. The Morgan fingerprint density at radius 2 is 1.70 bits per heavy atom. The number of benzene rings is 2. The second kappa shape index (κ2) is 6.63. The highest BCUT2D eigenvalue weighted by Gasteiger charge is 2.04. The van der Waals surface area contributed by atoms with E-state index in [4.69, 9.17) is 17.3 Å². The molecule has 0 aliphatic carbocycles. The number of nitrogens with zero attached hydrogens (tertiary/aromatic N) is 2. The molecule has 0 unspecified atom stereocenters. The number of rotatable bonds is 4. The Labute approximate surface area is 140 Å². The number of nitrogens with two attached hydrogens (primary N) is 1. The fourth-order valence-electron chi connectivity index (χ4n) is 2.28. The van der Waals surface area contributed by atoms with Crippen molar-refractivity contribution in [1.82, 2.24) is 9.97 Å². The molecule has 4 heteroatoms. The van der Waals surface area contributed by atoms with Crippen LogP contribution in [0.25, 0.3) is 17.0 Å². The number of halogens is 1. The summed E-state index contributed by atoms with van der Waals surface area (Å²) in [6.07, 6.45) is 2.45. The van der Waals surface area contributed by atoms with Crippen molar-refractivity contribution < 1.29 is 0 Å². The van der Waals surface area contributed by atoms with Crippen molar-refractivity contribution in [2.75, 3.05) is 0 Å². The molecule has 3 nitrogen and oxygen atoms in total. The molecule has 0 fully saturated rings. The third kappa shape index (κ3) is 3.76. The summed E-state index contributed by atoms with van der Waals surface area (Å²) < 4.78 is 0. The van der Waals surface area contributed by atoms with Crippen LogP contribution in [0.15, 0.2) is 67.4 Å². The normalized spacial score (nSPS) is 10.5. The number of hydrogen-bond acceptors (Lipinski definition) is 3. The van der Waals surface area contributed by atoms with Gasteiger partial charge in [-0.1, -0.05) is 54.6 Å². The van der Waals surface area contributed by atoms with E-state index in [2.05, 4.69) is 16.5 Å². The monoisotopic (exact) mass is 321 g/mol. The van der Waals surface area contributed by atoms with E-state index in [0.717, 1.165) is 28.2 Å². The van der Waals surface area contributed by atoms with Gasteiger partial charge >= 0.3 is 0 Å². The first-order valence-corrected chi connectivity index (χ1v) is 7.61. The topological polar surface area (TPSA) is 51.8 Å². The molecule has 0 saturated heterocycles. The number of hydrogen-bond donors (Lipinski definition) is 1. The first-order chi connectivity index (χ1) is 11.1. The molecule has 0 radical (unpaired) electrons. The Bertz CT molecular complexity index is 824. The fraction of sp³-hybridized carbons (Fsp3) is 0.0526. The fourth-order valence-corrected chi connectivity index (χ4v) is 2.41. The van der Waals surface area contributed by atoms with Crippen LogP contribution in [-0.4, -0.2) is 9.97 Å². The van der Waals surface area contributed by atoms with Crippen molar-refractivity contribution in [3.63, 3.8) is 0 Å². The maximum absolute atomic E-state index is 5.92. The average Bonchev–Trinajstić information content (AvgIpc) is 2.56. The zero-order valence-corrected chi connectivity index (χ0v) is 13.3. The third-order valence-corrected chi connectivity index (χ3v) is 3.78. The molecule has 0 saturated carbocycles. The standard InChI is InChI=1S/C19H16ClN3/c1-13(21)15-4-2-14(3-5-15)12-19-22-11-10-18(23-19)16-6-8-17(20)9-7-16/h2-11H,1,12,21H2. The highest BCUT2D eigenvalue weighted by molar-refractivity contribution is 6.30. The smallest absolute Gasteiger partial charge is 0.133 e. The molecule has 2 N–H and O–H groups in total. The lowest BCUT2D eigenvalue weighted by molar-refractivity contribution is 0.972. The first kappa shape index (κ1) is 15.3. The Kier molecular flexibility index (Phi) is 4.40. The molecule has 3 rings (SSSR count). The molecule has 0 aliphatic rings. The van der Waals surface area contributed by atoms with Gasteiger partial charge in [-0.25, -0.2) is 9.97 Å². The van der Waals surface area contributed by atoms with Crippen molar-refractivity contribution in [3.8, 4) is 11.3 Å². The molecule has 0 aliphatic heterocycles. The maximum atomic E-state index is 5.92. The van der Waals surface area contributed by atoms with Crippen LogP contribution in [0.3, 0.4) is 0 Å². The largest absolute Gasteiger partial charge is 0.399 e. The minimum absolute atomic E-state index is 0.567. The van der Waals surface area contributed by atoms with Crippen molar-refractivity contribution in [2.24, 2.45) is 5.73 Å². The van der Waals surface area contributed by atoms with Crippen LogP contribution in [0.5, 0.6) is 0 Å². The van der Waals surface area contributed by atoms with Crippen molar-refractivity contribution >= 4 is 17.3 Å². The summed E-state index contributed by atoms with van der Waals surface area (Å²) in [7, 11) is 0. The van der Waals surface area contributed by atoms with Gasteiger partial charge in [0, 0.05) is 28.9 Å². The summed E-state index contributed by atoms with van der Waals surface area (Å²) in [6.45, 7) is 3.73.